The number of carbonyl (C=O) groups is 1. The SMILES string of the molecule is CC(C(N)=O)C(C)C1CC1c1cccc2occc12. The number of rotatable bonds is 4. The summed E-state index contributed by atoms with van der Waals surface area (Å²) in [6.07, 6.45) is 2.88. The molecule has 1 saturated carbocycles. The van der Waals surface area contributed by atoms with E-state index in [1.54, 1.807) is 6.26 Å². The molecule has 2 N–H and O–H groups in total. The number of hydrogen-bond acceptors (Lipinski definition) is 2. The van der Waals surface area contributed by atoms with Gasteiger partial charge in [0.25, 0.3) is 0 Å². The first kappa shape index (κ1) is 12.3. The topological polar surface area (TPSA) is 56.2 Å². The number of nitrogens with two attached hydrogens (primary N) is 1. The quantitative estimate of drug-likeness (QED) is 0.913. The van der Waals surface area contributed by atoms with E-state index < -0.39 is 0 Å². The van der Waals surface area contributed by atoms with E-state index in [1.807, 2.05) is 25.1 Å². The summed E-state index contributed by atoms with van der Waals surface area (Å²) < 4.78 is 5.44. The van der Waals surface area contributed by atoms with Gasteiger partial charge in [-0.3, -0.25) is 4.79 Å². The average molecular weight is 257 g/mol. The molecule has 1 aromatic heterocycles. The van der Waals surface area contributed by atoms with E-state index in [2.05, 4.69) is 13.0 Å². The number of fused-ring (bicyclic) bond motifs is 1. The molecule has 3 rings (SSSR count). The molecule has 19 heavy (non-hydrogen) atoms. The summed E-state index contributed by atoms with van der Waals surface area (Å²) in [6, 6.07) is 8.23. The lowest BCUT2D eigenvalue weighted by atomic mass is 9.88. The van der Waals surface area contributed by atoms with Crippen molar-refractivity contribution in [2.24, 2.45) is 23.5 Å². The second kappa shape index (κ2) is 4.41. The van der Waals surface area contributed by atoms with Gasteiger partial charge >= 0.3 is 0 Å². The van der Waals surface area contributed by atoms with Gasteiger partial charge in [0.2, 0.25) is 5.91 Å². The Kier molecular flexibility index (Phi) is 2.85. The van der Waals surface area contributed by atoms with Gasteiger partial charge in [-0.25, -0.2) is 0 Å². The fourth-order valence-electron chi connectivity index (χ4n) is 3.12. The molecule has 1 heterocycles. The lowest BCUT2D eigenvalue weighted by Crippen LogP contribution is -2.27. The van der Waals surface area contributed by atoms with Crippen LogP contribution in [-0.2, 0) is 4.79 Å². The van der Waals surface area contributed by atoms with Crippen LogP contribution in [-0.4, -0.2) is 5.91 Å². The molecule has 2 aromatic rings. The van der Waals surface area contributed by atoms with Crippen molar-refractivity contribution in [3.63, 3.8) is 0 Å². The van der Waals surface area contributed by atoms with Crippen molar-refractivity contribution in [3.8, 4) is 0 Å². The number of primary amides is 1. The molecule has 3 heteroatoms. The molecule has 1 aliphatic rings. The number of amides is 1. The molecule has 1 amide bonds. The van der Waals surface area contributed by atoms with E-state index >= 15 is 0 Å². The van der Waals surface area contributed by atoms with Crippen LogP contribution in [0.2, 0.25) is 0 Å². The minimum Gasteiger partial charge on any atom is -0.464 e. The molecule has 0 aliphatic heterocycles. The van der Waals surface area contributed by atoms with Crippen molar-refractivity contribution in [1.82, 2.24) is 0 Å². The third-order valence-electron chi connectivity index (χ3n) is 4.68. The number of furan rings is 1. The van der Waals surface area contributed by atoms with E-state index in [-0.39, 0.29) is 11.8 Å². The van der Waals surface area contributed by atoms with Crippen LogP contribution in [0.1, 0.15) is 31.7 Å². The van der Waals surface area contributed by atoms with Crippen LogP contribution in [0, 0.1) is 17.8 Å². The third kappa shape index (κ3) is 2.03. The summed E-state index contributed by atoms with van der Waals surface area (Å²) in [7, 11) is 0. The van der Waals surface area contributed by atoms with Gasteiger partial charge in [-0.05, 0) is 41.9 Å². The molecule has 1 fully saturated rings. The number of carbonyl (C=O) groups excluding carboxylic acids is 1. The van der Waals surface area contributed by atoms with Crippen LogP contribution in [0.3, 0.4) is 0 Å². The Morgan fingerprint density at radius 1 is 1.37 bits per heavy atom. The van der Waals surface area contributed by atoms with Crippen molar-refractivity contribution < 1.29 is 9.21 Å². The van der Waals surface area contributed by atoms with Crippen molar-refractivity contribution >= 4 is 16.9 Å². The van der Waals surface area contributed by atoms with Gasteiger partial charge in [0.15, 0.2) is 0 Å². The summed E-state index contributed by atoms with van der Waals surface area (Å²) in [5.74, 6) is 1.18. The minimum atomic E-state index is -0.195. The summed E-state index contributed by atoms with van der Waals surface area (Å²) in [4.78, 5) is 11.3. The van der Waals surface area contributed by atoms with Gasteiger partial charge in [0, 0.05) is 11.3 Å². The molecule has 4 atom stereocenters. The highest BCUT2D eigenvalue weighted by Crippen LogP contribution is 2.54. The molecule has 0 spiro atoms. The third-order valence-corrected chi connectivity index (χ3v) is 4.68. The van der Waals surface area contributed by atoms with E-state index in [0.717, 1.165) is 12.0 Å². The Morgan fingerprint density at radius 2 is 2.16 bits per heavy atom. The maximum Gasteiger partial charge on any atom is 0.220 e. The van der Waals surface area contributed by atoms with Crippen molar-refractivity contribution in [2.75, 3.05) is 0 Å². The Balaban J connectivity index is 1.83. The van der Waals surface area contributed by atoms with Gasteiger partial charge < -0.3 is 10.2 Å². The highest BCUT2D eigenvalue weighted by molar-refractivity contribution is 5.82. The van der Waals surface area contributed by atoms with Crippen molar-refractivity contribution in [2.45, 2.75) is 26.2 Å². The van der Waals surface area contributed by atoms with Crippen LogP contribution in [0.4, 0.5) is 0 Å². The first-order valence-corrected chi connectivity index (χ1v) is 6.85. The van der Waals surface area contributed by atoms with Crippen LogP contribution in [0.5, 0.6) is 0 Å². The summed E-state index contributed by atoms with van der Waals surface area (Å²) in [5.41, 5.74) is 7.70. The zero-order valence-corrected chi connectivity index (χ0v) is 11.3. The Hall–Kier alpha value is -1.77. The summed E-state index contributed by atoms with van der Waals surface area (Å²) in [5, 5.41) is 1.20. The molecule has 3 nitrogen and oxygen atoms in total. The lowest BCUT2D eigenvalue weighted by molar-refractivity contribution is -0.122. The average Bonchev–Trinajstić information content (AvgIpc) is 3.04. The fraction of sp³-hybridized carbons (Fsp3) is 0.438. The maximum absolute atomic E-state index is 11.3. The first-order valence-electron chi connectivity index (χ1n) is 6.85. The smallest absolute Gasteiger partial charge is 0.220 e. The maximum atomic E-state index is 11.3. The molecule has 1 aliphatic carbocycles. The highest BCUT2D eigenvalue weighted by atomic mass is 16.3. The largest absolute Gasteiger partial charge is 0.464 e. The second-order valence-electron chi connectivity index (χ2n) is 5.74. The van der Waals surface area contributed by atoms with Crippen LogP contribution >= 0.6 is 0 Å². The molecule has 4 unspecified atom stereocenters. The summed E-state index contributed by atoms with van der Waals surface area (Å²) >= 11 is 0. The van der Waals surface area contributed by atoms with Crippen LogP contribution < -0.4 is 5.73 Å². The molecule has 0 bridgehead atoms. The van der Waals surface area contributed by atoms with Crippen molar-refractivity contribution in [1.29, 1.82) is 0 Å². The zero-order chi connectivity index (χ0) is 13.6. The van der Waals surface area contributed by atoms with Crippen LogP contribution in [0.25, 0.3) is 11.0 Å². The number of benzene rings is 1. The van der Waals surface area contributed by atoms with Gasteiger partial charge in [-0.2, -0.15) is 0 Å². The standard InChI is InChI=1S/C16H19NO2/c1-9(10(2)16(17)18)13-8-14(13)11-4-3-5-15-12(11)6-7-19-15/h3-7,9-10,13-14H,8H2,1-2H3,(H2,17,18). The molecule has 100 valence electrons. The van der Waals surface area contributed by atoms with Gasteiger partial charge in [0.05, 0.1) is 6.26 Å². The minimum absolute atomic E-state index is 0.0569. The van der Waals surface area contributed by atoms with E-state index in [1.165, 1.54) is 10.9 Å². The van der Waals surface area contributed by atoms with Crippen molar-refractivity contribution in [3.05, 3.63) is 36.1 Å². The predicted octanol–water partition coefficient (Wildman–Crippen LogP) is 3.29. The zero-order valence-electron chi connectivity index (χ0n) is 11.3. The van der Waals surface area contributed by atoms with Gasteiger partial charge in [-0.15, -0.1) is 0 Å². The van der Waals surface area contributed by atoms with Crippen LogP contribution in [0.15, 0.2) is 34.9 Å². The van der Waals surface area contributed by atoms with Gasteiger partial charge in [0.1, 0.15) is 5.58 Å². The molecular formula is C16H19NO2. The molecule has 1 aromatic carbocycles. The van der Waals surface area contributed by atoms with E-state index in [0.29, 0.717) is 17.8 Å². The lowest BCUT2D eigenvalue weighted by Gasteiger charge is -2.16. The molecular weight excluding hydrogens is 238 g/mol. The Labute approximate surface area is 112 Å². The monoisotopic (exact) mass is 257 g/mol. The Bertz CT molecular complexity index is 616. The van der Waals surface area contributed by atoms with E-state index in [9.17, 15) is 4.79 Å². The van der Waals surface area contributed by atoms with E-state index in [4.69, 9.17) is 10.2 Å². The summed E-state index contributed by atoms with van der Waals surface area (Å²) in [6.45, 7) is 4.07. The fourth-order valence-corrected chi connectivity index (χ4v) is 3.12. The number of hydrogen-bond donors (Lipinski definition) is 1. The first-order chi connectivity index (χ1) is 9.09. The normalized spacial score (nSPS) is 25.2. The van der Waals surface area contributed by atoms with Gasteiger partial charge in [-0.1, -0.05) is 26.0 Å². The molecule has 0 saturated heterocycles. The highest BCUT2D eigenvalue weighted by Gasteiger charge is 2.45. The predicted molar refractivity (Wildman–Crippen MR) is 74.6 cm³/mol. The molecule has 0 radical (unpaired) electrons. The Morgan fingerprint density at radius 3 is 2.89 bits per heavy atom. The second-order valence-corrected chi connectivity index (χ2v) is 5.74.